The number of carbonyl (C=O) groups excluding carboxylic acids is 1. The third kappa shape index (κ3) is 11.5. The first-order valence-electron chi connectivity index (χ1n) is 14.2. The first kappa shape index (κ1) is 33.1. The molecule has 1 saturated heterocycles. The van der Waals surface area contributed by atoms with Crippen LogP contribution in [0.4, 0.5) is 13.6 Å². The summed E-state index contributed by atoms with van der Waals surface area (Å²) >= 11 is 5.27. The van der Waals surface area contributed by atoms with Gasteiger partial charge >= 0.3 is 12.0 Å². The molecule has 2 heterocycles. The number of ether oxygens (including phenoxy) is 1. The summed E-state index contributed by atoms with van der Waals surface area (Å²) in [5.41, 5.74) is 0. The molecule has 8 nitrogen and oxygen atoms in total. The topological polar surface area (TPSA) is 106 Å². The van der Waals surface area contributed by atoms with Gasteiger partial charge in [0, 0.05) is 12.7 Å². The van der Waals surface area contributed by atoms with Crippen LogP contribution in [0.5, 0.6) is 0 Å². The Labute approximate surface area is 236 Å². The highest BCUT2D eigenvalue weighted by atomic mass is 32.1. The highest BCUT2D eigenvalue weighted by Crippen LogP contribution is 2.38. The molecule has 2 amide bonds. The maximum absolute atomic E-state index is 14.3. The molecule has 5 N–H and O–H groups in total. The van der Waals surface area contributed by atoms with Crippen molar-refractivity contribution in [2.45, 2.75) is 114 Å². The molecule has 0 aromatic carbocycles. The van der Waals surface area contributed by atoms with Crippen molar-refractivity contribution in [3.63, 3.8) is 0 Å². The fourth-order valence-electron chi connectivity index (χ4n) is 4.40. The van der Waals surface area contributed by atoms with E-state index in [1.807, 2.05) is 0 Å². The second-order valence-electron chi connectivity index (χ2n) is 9.99. The third-order valence-corrected chi connectivity index (χ3v) is 6.98. The number of rotatable bonds is 18. The van der Waals surface area contributed by atoms with Crippen LogP contribution in [-0.4, -0.2) is 69.9 Å². The zero-order chi connectivity index (χ0) is 28.5. The molecule has 0 radical (unpaired) electrons. The van der Waals surface area contributed by atoms with Crippen molar-refractivity contribution in [1.29, 1.82) is 0 Å². The largest absolute Gasteiger partial charge is 0.394 e. The summed E-state index contributed by atoms with van der Waals surface area (Å²) in [4.78, 5) is 13.0. The van der Waals surface area contributed by atoms with Gasteiger partial charge in [-0.1, -0.05) is 69.8 Å². The Balaban J connectivity index is 1.50. The number of allylic oxidation sites excluding steroid dienone is 4. The molecule has 1 fully saturated rings. The van der Waals surface area contributed by atoms with E-state index < -0.39 is 43.2 Å². The average molecular weight is 573 g/mol. The third-order valence-electron chi connectivity index (χ3n) is 6.71. The van der Waals surface area contributed by atoms with E-state index >= 15 is 0 Å². The van der Waals surface area contributed by atoms with E-state index in [4.69, 9.17) is 22.1 Å². The molecule has 39 heavy (non-hydrogen) atoms. The van der Waals surface area contributed by atoms with Crippen LogP contribution in [0, 0.1) is 0 Å². The van der Waals surface area contributed by atoms with Crippen molar-refractivity contribution in [1.82, 2.24) is 20.9 Å². The molecule has 11 heteroatoms. The van der Waals surface area contributed by atoms with Gasteiger partial charge in [-0.2, -0.15) is 8.78 Å². The Kier molecular flexibility index (Phi) is 15.5. The van der Waals surface area contributed by atoms with Gasteiger partial charge in [0.2, 0.25) is 6.23 Å². The van der Waals surface area contributed by atoms with Crippen LogP contribution in [0.1, 0.15) is 84.0 Å². The van der Waals surface area contributed by atoms with Gasteiger partial charge in [-0.15, -0.1) is 0 Å². The molecule has 2 aliphatic rings. The van der Waals surface area contributed by atoms with Crippen LogP contribution >= 0.6 is 12.2 Å². The summed E-state index contributed by atoms with van der Waals surface area (Å²) in [5, 5.41) is 27.6. The summed E-state index contributed by atoms with van der Waals surface area (Å²) in [6, 6.07) is -0.835. The molecular formula is C28H46F2N4O4S. The van der Waals surface area contributed by atoms with Crippen LogP contribution < -0.4 is 16.0 Å². The van der Waals surface area contributed by atoms with E-state index in [2.05, 4.69) is 47.2 Å². The van der Waals surface area contributed by atoms with Gasteiger partial charge in [0.15, 0.2) is 11.2 Å². The summed E-state index contributed by atoms with van der Waals surface area (Å²) in [7, 11) is 0. The number of carbonyl (C=O) groups is 1. The monoisotopic (exact) mass is 572 g/mol. The predicted molar refractivity (Wildman–Crippen MR) is 153 cm³/mol. The number of alkyl halides is 2. The summed E-state index contributed by atoms with van der Waals surface area (Å²) in [6.07, 6.45) is 19.4. The van der Waals surface area contributed by atoms with E-state index in [0.717, 1.165) is 31.9 Å². The van der Waals surface area contributed by atoms with Gasteiger partial charge in [-0.3, -0.25) is 4.90 Å². The normalized spacial score (nSPS) is 24.5. The standard InChI is InChI=1S/C28H46F2N4O4S/c1-2-3-4-5-6-7-8-9-10-11-12-13-14-15-16-17-19-31-26(39)32-23-18-20-34(27(37)33-23)25-28(29,30)24(36)22(21-35)38-25/h6-7,9-10,18,20,22-25,35-36H,2-5,8,11-17,19,21H2,1H3,(H,33,37)(H2,31,32,39)/t22-,23?,24-,25-/m1/s1. The van der Waals surface area contributed by atoms with Crippen molar-refractivity contribution in [2.75, 3.05) is 13.2 Å². The summed E-state index contributed by atoms with van der Waals surface area (Å²) < 4.78 is 33.6. The number of unbranched alkanes of at least 4 members (excludes halogenated alkanes) is 9. The number of nitrogens with zero attached hydrogens (tertiary/aromatic N) is 1. The predicted octanol–water partition coefficient (Wildman–Crippen LogP) is 4.84. The van der Waals surface area contributed by atoms with Gasteiger partial charge in [0.05, 0.1) is 6.61 Å². The minimum Gasteiger partial charge on any atom is -0.394 e. The molecule has 1 unspecified atom stereocenters. The van der Waals surface area contributed by atoms with E-state index in [-0.39, 0.29) is 0 Å². The molecule has 0 aromatic rings. The van der Waals surface area contributed by atoms with E-state index in [1.54, 1.807) is 0 Å². The van der Waals surface area contributed by atoms with E-state index in [1.165, 1.54) is 57.4 Å². The lowest BCUT2D eigenvalue weighted by Crippen LogP contribution is -2.59. The molecule has 2 rings (SSSR count). The van der Waals surface area contributed by atoms with Crippen LogP contribution in [0.3, 0.4) is 0 Å². The number of aliphatic hydroxyl groups is 2. The van der Waals surface area contributed by atoms with Gasteiger partial charge in [0.25, 0.3) is 0 Å². The molecule has 0 bridgehead atoms. The zero-order valence-electron chi connectivity index (χ0n) is 23.0. The second-order valence-corrected chi connectivity index (χ2v) is 10.4. The summed E-state index contributed by atoms with van der Waals surface area (Å²) in [5.74, 6) is -3.73. The Morgan fingerprint density at radius 3 is 2.36 bits per heavy atom. The Bertz CT molecular complexity index is 827. The number of hydrogen-bond acceptors (Lipinski definition) is 5. The number of hydrogen-bond donors (Lipinski definition) is 5. The molecule has 222 valence electrons. The Morgan fingerprint density at radius 2 is 1.74 bits per heavy atom. The molecule has 2 aliphatic heterocycles. The SMILES string of the molecule is CCCCCC=CCC=CCCCCCCCCNC(=S)NC1C=CN([C@@H]2O[C@H](CO)[C@@H](O)C2(F)F)C(=O)N1. The fourth-order valence-corrected chi connectivity index (χ4v) is 4.63. The molecule has 0 saturated carbocycles. The average Bonchev–Trinajstić information content (AvgIpc) is 3.14. The smallest absolute Gasteiger partial charge is 0.325 e. The van der Waals surface area contributed by atoms with Gasteiger partial charge in [-0.25, -0.2) is 4.79 Å². The van der Waals surface area contributed by atoms with Crippen molar-refractivity contribution in [2.24, 2.45) is 0 Å². The van der Waals surface area contributed by atoms with Crippen LogP contribution in [0.2, 0.25) is 0 Å². The zero-order valence-corrected chi connectivity index (χ0v) is 23.8. The molecule has 0 aliphatic carbocycles. The molecule has 4 atom stereocenters. The Hall–Kier alpha value is -2.08. The fraction of sp³-hybridized carbons (Fsp3) is 0.714. The lowest BCUT2D eigenvalue weighted by molar-refractivity contribution is -0.145. The molecular weight excluding hydrogens is 526 g/mol. The first-order chi connectivity index (χ1) is 18.8. The quantitative estimate of drug-likeness (QED) is 0.0909. The molecule has 0 spiro atoms. The van der Waals surface area contributed by atoms with E-state index in [9.17, 15) is 18.7 Å². The Morgan fingerprint density at radius 1 is 1.10 bits per heavy atom. The second kappa shape index (κ2) is 18.3. The minimum absolute atomic E-state index is 0.346. The number of thiocarbonyl (C=S) groups is 1. The van der Waals surface area contributed by atoms with E-state index in [0.29, 0.717) is 16.6 Å². The number of halogens is 2. The summed E-state index contributed by atoms with van der Waals surface area (Å²) in [6.45, 7) is 2.13. The number of urea groups is 1. The highest BCUT2D eigenvalue weighted by molar-refractivity contribution is 7.80. The van der Waals surface area contributed by atoms with Crippen molar-refractivity contribution >= 4 is 23.4 Å². The van der Waals surface area contributed by atoms with Gasteiger partial charge in [0.1, 0.15) is 12.3 Å². The maximum atomic E-state index is 14.3. The van der Waals surface area contributed by atoms with Crippen LogP contribution in [0.25, 0.3) is 0 Å². The van der Waals surface area contributed by atoms with Crippen molar-refractivity contribution in [3.05, 3.63) is 36.6 Å². The first-order valence-corrected chi connectivity index (χ1v) is 14.7. The lowest BCUT2D eigenvalue weighted by Gasteiger charge is -2.34. The van der Waals surface area contributed by atoms with Crippen molar-refractivity contribution in [3.8, 4) is 0 Å². The number of nitrogens with one attached hydrogen (secondary N) is 3. The van der Waals surface area contributed by atoms with Crippen LogP contribution in [0.15, 0.2) is 36.6 Å². The van der Waals surface area contributed by atoms with Gasteiger partial charge in [-0.05, 0) is 56.8 Å². The van der Waals surface area contributed by atoms with Crippen LogP contribution in [-0.2, 0) is 4.74 Å². The number of amides is 2. The number of aliphatic hydroxyl groups excluding tert-OH is 2. The minimum atomic E-state index is -3.73. The maximum Gasteiger partial charge on any atom is 0.325 e. The van der Waals surface area contributed by atoms with Gasteiger partial charge < -0.3 is 30.9 Å². The molecule has 0 aromatic heterocycles. The van der Waals surface area contributed by atoms with Crippen molar-refractivity contribution < 1.29 is 28.5 Å². The highest BCUT2D eigenvalue weighted by Gasteiger charge is 2.61. The lowest BCUT2D eigenvalue weighted by atomic mass is 10.1.